The van der Waals surface area contributed by atoms with Crippen molar-refractivity contribution in [2.75, 3.05) is 58.4 Å². The van der Waals surface area contributed by atoms with Crippen LogP contribution in [0.5, 0.6) is 5.75 Å². The predicted octanol–water partition coefficient (Wildman–Crippen LogP) is 7.05. The molecule has 1 aliphatic rings. The number of thiazole rings is 1. The Bertz CT molecular complexity index is 1300. The smallest absolute Gasteiger partial charge is 0.323 e. The molecule has 0 saturated carbocycles. The van der Waals surface area contributed by atoms with Gasteiger partial charge in [0.1, 0.15) is 5.75 Å². The van der Waals surface area contributed by atoms with Gasteiger partial charge in [0, 0.05) is 49.6 Å². The maximum atomic E-state index is 13.6. The zero-order chi connectivity index (χ0) is 27.6. The highest BCUT2D eigenvalue weighted by Gasteiger charge is 2.21. The number of nitrogens with zero attached hydrogens (tertiary/aromatic N) is 3. The maximum absolute atomic E-state index is 13.6. The lowest BCUT2D eigenvalue weighted by Crippen LogP contribution is -2.44. The molecule has 4 aromatic rings. The van der Waals surface area contributed by atoms with Gasteiger partial charge < -0.3 is 14.4 Å². The van der Waals surface area contributed by atoms with Crippen molar-refractivity contribution in [2.24, 2.45) is 0 Å². The van der Waals surface area contributed by atoms with E-state index in [2.05, 4.69) is 58.7 Å². The molecule has 7 nitrogen and oxygen atoms in total. The number of hydrogen-bond donors (Lipinski definition) is 1. The Morgan fingerprint density at radius 1 is 0.952 bits per heavy atom. The molecule has 0 bridgehead atoms. The van der Waals surface area contributed by atoms with E-state index in [0.717, 1.165) is 56.3 Å². The summed E-state index contributed by atoms with van der Waals surface area (Å²) < 4.78 is 10.8. The fourth-order valence-corrected chi connectivity index (χ4v) is 5.69. The molecular weight excluding hydrogens is 591 g/mol. The van der Waals surface area contributed by atoms with Crippen molar-refractivity contribution in [1.29, 1.82) is 0 Å². The number of aromatic nitrogens is 1. The third kappa shape index (κ3) is 9.18. The highest BCUT2D eigenvalue weighted by molar-refractivity contribution is 7.14. The van der Waals surface area contributed by atoms with E-state index < -0.39 is 0 Å². The summed E-state index contributed by atoms with van der Waals surface area (Å²) in [5, 5.41) is 5.63. The first-order chi connectivity index (χ1) is 19.7. The minimum Gasteiger partial charge on any atom is -0.497 e. The second-order valence-electron chi connectivity index (χ2n) is 9.80. The molecule has 1 aromatic heterocycles. The number of methoxy groups -OCH3 is 1. The molecule has 0 atom stereocenters. The molecule has 2 heterocycles. The van der Waals surface area contributed by atoms with Gasteiger partial charge in [-0.2, -0.15) is 0 Å². The largest absolute Gasteiger partial charge is 0.497 e. The molecule has 42 heavy (non-hydrogen) atoms. The van der Waals surface area contributed by atoms with Crippen LogP contribution in [-0.2, 0) is 4.74 Å². The maximum Gasteiger partial charge on any atom is 0.323 e. The summed E-state index contributed by atoms with van der Waals surface area (Å²) in [5.74, 6) is 0.996. The summed E-state index contributed by atoms with van der Waals surface area (Å²) in [7, 11) is 1.65. The molecule has 0 radical (unpaired) electrons. The topological polar surface area (TPSA) is 66.9 Å². The second kappa shape index (κ2) is 17.1. The van der Waals surface area contributed by atoms with Gasteiger partial charge in [-0.1, -0.05) is 60.7 Å². The van der Waals surface area contributed by atoms with Crippen molar-refractivity contribution in [1.82, 2.24) is 14.8 Å². The third-order valence-corrected chi connectivity index (χ3v) is 8.03. The van der Waals surface area contributed by atoms with Crippen LogP contribution in [0.2, 0.25) is 0 Å². The SMILES string of the molecule is COc1ccc(-c2csc(NC(=O)N(CCC(c3ccccc3)c3ccccc3)CCN3CCOCC3)n2)cc1.Cl.Cl. The molecule has 1 fully saturated rings. The summed E-state index contributed by atoms with van der Waals surface area (Å²) in [4.78, 5) is 22.6. The molecule has 3 aromatic carbocycles. The molecule has 2 amide bonds. The van der Waals surface area contributed by atoms with Crippen LogP contribution >= 0.6 is 36.2 Å². The van der Waals surface area contributed by atoms with E-state index >= 15 is 0 Å². The van der Waals surface area contributed by atoms with Crippen molar-refractivity contribution < 1.29 is 14.3 Å². The van der Waals surface area contributed by atoms with Gasteiger partial charge in [0.2, 0.25) is 0 Å². The van der Waals surface area contributed by atoms with Crippen LogP contribution in [0, 0.1) is 0 Å². The van der Waals surface area contributed by atoms with Crippen LogP contribution in [0.1, 0.15) is 23.5 Å². The molecule has 0 aliphatic carbocycles. The monoisotopic (exact) mass is 628 g/mol. The number of carbonyl (C=O) groups excluding carboxylic acids is 1. The molecule has 1 saturated heterocycles. The standard InChI is InChI=1S/C32H36N4O3S.2ClH/c1-38-28-14-12-27(13-15-28)30-24-40-31(33-30)34-32(37)36(19-18-35-20-22-39-23-21-35)17-16-29(25-8-4-2-5-9-25)26-10-6-3-7-11-26;;/h2-15,24,29H,16-23H2,1H3,(H,33,34,37);2*1H. The van der Waals surface area contributed by atoms with Crippen molar-refractivity contribution in [3.05, 3.63) is 101 Å². The predicted molar refractivity (Wildman–Crippen MR) is 176 cm³/mol. The number of morpholine rings is 1. The Hall–Kier alpha value is -3.14. The van der Waals surface area contributed by atoms with Crippen LogP contribution in [0.3, 0.4) is 0 Å². The van der Waals surface area contributed by atoms with E-state index in [1.807, 2.05) is 46.7 Å². The summed E-state index contributed by atoms with van der Waals surface area (Å²) in [6, 6.07) is 28.8. The van der Waals surface area contributed by atoms with Gasteiger partial charge in [0.05, 0.1) is 26.0 Å². The Kier molecular flexibility index (Phi) is 13.6. The highest BCUT2D eigenvalue weighted by Crippen LogP contribution is 2.29. The first kappa shape index (κ1) is 33.4. The number of halogens is 2. The lowest BCUT2D eigenvalue weighted by Gasteiger charge is -2.31. The van der Waals surface area contributed by atoms with Crippen molar-refractivity contribution >= 4 is 47.3 Å². The molecule has 224 valence electrons. The summed E-state index contributed by atoms with van der Waals surface area (Å²) in [6.45, 7) is 5.34. The van der Waals surface area contributed by atoms with Crippen molar-refractivity contribution in [3.63, 3.8) is 0 Å². The Morgan fingerprint density at radius 2 is 1.57 bits per heavy atom. The van der Waals surface area contributed by atoms with Crippen molar-refractivity contribution in [3.8, 4) is 17.0 Å². The zero-order valence-corrected chi connectivity index (χ0v) is 26.1. The van der Waals surface area contributed by atoms with Gasteiger partial charge in [-0.25, -0.2) is 9.78 Å². The minimum absolute atomic E-state index is 0. The number of benzene rings is 3. The normalized spacial score (nSPS) is 13.1. The molecular formula is C32H38Cl2N4O3S. The second-order valence-corrected chi connectivity index (χ2v) is 10.7. The first-order valence-corrected chi connectivity index (χ1v) is 14.6. The molecule has 1 aliphatic heterocycles. The molecule has 0 unspecified atom stereocenters. The van der Waals surface area contributed by atoms with E-state index in [1.165, 1.54) is 22.5 Å². The van der Waals surface area contributed by atoms with Crippen molar-refractivity contribution in [2.45, 2.75) is 12.3 Å². The quantitative estimate of drug-likeness (QED) is 0.193. The fraction of sp³-hybridized carbons (Fsp3) is 0.312. The van der Waals surface area contributed by atoms with Gasteiger partial charge in [-0.15, -0.1) is 36.2 Å². The fourth-order valence-electron chi connectivity index (χ4n) is 4.98. The van der Waals surface area contributed by atoms with Gasteiger partial charge in [0.15, 0.2) is 5.13 Å². The number of hydrogen-bond acceptors (Lipinski definition) is 6. The summed E-state index contributed by atoms with van der Waals surface area (Å²) >= 11 is 1.44. The molecule has 10 heteroatoms. The lowest BCUT2D eigenvalue weighted by molar-refractivity contribution is 0.0351. The van der Waals surface area contributed by atoms with Crippen LogP contribution in [-0.4, -0.2) is 73.9 Å². The Balaban J connectivity index is 0.00000242. The summed E-state index contributed by atoms with van der Waals surface area (Å²) in [6.07, 6.45) is 0.819. The Morgan fingerprint density at radius 3 is 2.17 bits per heavy atom. The first-order valence-electron chi connectivity index (χ1n) is 13.8. The number of carbonyl (C=O) groups is 1. The van der Waals surface area contributed by atoms with Crippen LogP contribution < -0.4 is 10.1 Å². The van der Waals surface area contributed by atoms with Crippen LogP contribution in [0.4, 0.5) is 9.93 Å². The van der Waals surface area contributed by atoms with Crippen LogP contribution in [0.25, 0.3) is 11.3 Å². The van der Waals surface area contributed by atoms with Gasteiger partial charge in [-0.3, -0.25) is 10.2 Å². The number of ether oxygens (including phenoxy) is 2. The van der Waals surface area contributed by atoms with E-state index in [4.69, 9.17) is 14.5 Å². The zero-order valence-electron chi connectivity index (χ0n) is 23.7. The highest BCUT2D eigenvalue weighted by atomic mass is 35.5. The number of rotatable bonds is 11. The minimum atomic E-state index is -0.122. The van der Waals surface area contributed by atoms with E-state index in [1.54, 1.807) is 7.11 Å². The molecule has 0 spiro atoms. The van der Waals surface area contributed by atoms with Crippen LogP contribution in [0.15, 0.2) is 90.3 Å². The van der Waals surface area contributed by atoms with E-state index in [0.29, 0.717) is 18.2 Å². The molecule has 5 rings (SSSR count). The number of urea groups is 1. The van der Waals surface area contributed by atoms with E-state index in [9.17, 15) is 4.79 Å². The van der Waals surface area contributed by atoms with Gasteiger partial charge in [0.25, 0.3) is 0 Å². The number of nitrogens with one attached hydrogen (secondary N) is 1. The number of anilines is 1. The Labute approximate surface area is 264 Å². The third-order valence-electron chi connectivity index (χ3n) is 7.27. The lowest BCUT2D eigenvalue weighted by atomic mass is 9.88. The van der Waals surface area contributed by atoms with Gasteiger partial charge in [-0.05, 0) is 41.8 Å². The average molecular weight is 630 g/mol. The van der Waals surface area contributed by atoms with Gasteiger partial charge >= 0.3 is 6.03 Å². The summed E-state index contributed by atoms with van der Waals surface area (Å²) in [5.41, 5.74) is 4.32. The van der Waals surface area contributed by atoms with E-state index in [-0.39, 0.29) is 36.8 Å². The number of amides is 2. The average Bonchev–Trinajstić information content (AvgIpc) is 3.48. The molecule has 1 N–H and O–H groups in total.